The van der Waals surface area contributed by atoms with E-state index < -0.39 is 5.60 Å². The summed E-state index contributed by atoms with van der Waals surface area (Å²) in [6.45, 7) is 8.04. The second-order valence-corrected chi connectivity index (χ2v) is 9.35. The number of carbonyl (C=O) groups excluding carboxylic acids is 2. The molecule has 0 amide bonds. The van der Waals surface area contributed by atoms with Crippen molar-refractivity contribution in [3.8, 4) is 0 Å². The third kappa shape index (κ3) is 5.49. The number of para-hydroxylation sites is 1. The molecule has 0 spiro atoms. The van der Waals surface area contributed by atoms with E-state index in [1.165, 1.54) is 6.08 Å². The molecule has 0 atom stereocenters. The van der Waals surface area contributed by atoms with E-state index in [-0.39, 0.29) is 11.8 Å². The molecule has 0 aliphatic heterocycles. The highest BCUT2D eigenvalue weighted by atomic mass is 16.6. The molecule has 0 unspecified atom stereocenters. The molecule has 0 saturated carbocycles. The van der Waals surface area contributed by atoms with Gasteiger partial charge in [-0.1, -0.05) is 48.0 Å². The number of ether oxygens (including phenoxy) is 1. The van der Waals surface area contributed by atoms with E-state index in [4.69, 9.17) is 4.74 Å². The second kappa shape index (κ2) is 9.48. The van der Waals surface area contributed by atoms with Crippen LogP contribution >= 0.6 is 0 Å². The summed E-state index contributed by atoms with van der Waals surface area (Å²) in [6.07, 6.45) is 6.88. The average Bonchev–Trinajstić information content (AvgIpc) is 3.24. The SMILES string of the molecule is Cc1ccc(C(=O)c2cccn2Cc2cnc3c(/C=C/C(=O)OC(C)(C)C)cccc3c2)cc1. The molecule has 2 aromatic heterocycles. The number of ketones is 1. The molecule has 0 aliphatic carbocycles. The lowest BCUT2D eigenvalue weighted by molar-refractivity contribution is -0.148. The van der Waals surface area contributed by atoms with E-state index in [9.17, 15) is 9.59 Å². The van der Waals surface area contributed by atoms with Gasteiger partial charge in [0.05, 0.1) is 11.2 Å². The van der Waals surface area contributed by atoms with Gasteiger partial charge in [-0.15, -0.1) is 0 Å². The van der Waals surface area contributed by atoms with Gasteiger partial charge < -0.3 is 9.30 Å². The Kier molecular flexibility index (Phi) is 6.46. The van der Waals surface area contributed by atoms with Gasteiger partial charge in [0, 0.05) is 41.5 Å². The van der Waals surface area contributed by atoms with Crippen LogP contribution in [0.15, 0.2) is 79.1 Å². The maximum atomic E-state index is 13.0. The minimum Gasteiger partial charge on any atom is -0.457 e. The van der Waals surface area contributed by atoms with Crippen LogP contribution in [-0.4, -0.2) is 26.9 Å². The van der Waals surface area contributed by atoms with Crippen molar-refractivity contribution in [1.82, 2.24) is 9.55 Å². The Morgan fingerprint density at radius 3 is 2.53 bits per heavy atom. The smallest absolute Gasteiger partial charge is 0.331 e. The zero-order chi connectivity index (χ0) is 24.3. The van der Waals surface area contributed by atoms with Crippen LogP contribution in [-0.2, 0) is 16.1 Å². The Balaban J connectivity index is 1.56. The number of aryl methyl sites for hydroxylation is 1. The molecule has 5 nitrogen and oxygen atoms in total. The van der Waals surface area contributed by atoms with Crippen molar-refractivity contribution in [3.05, 3.63) is 107 Å². The lowest BCUT2D eigenvalue weighted by Gasteiger charge is -2.17. The molecule has 0 N–H and O–H groups in total. The normalized spacial score (nSPS) is 11.8. The summed E-state index contributed by atoms with van der Waals surface area (Å²) in [5, 5.41) is 0.961. The monoisotopic (exact) mass is 452 g/mol. The minimum atomic E-state index is -0.536. The van der Waals surface area contributed by atoms with Crippen molar-refractivity contribution in [2.75, 3.05) is 0 Å². The van der Waals surface area contributed by atoms with Crippen molar-refractivity contribution >= 4 is 28.7 Å². The Labute approximate surface area is 199 Å². The first-order valence-electron chi connectivity index (χ1n) is 11.2. The summed E-state index contributed by atoms with van der Waals surface area (Å²) in [5.41, 5.74) is 4.51. The molecule has 0 bridgehead atoms. The van der Waals surface area contributed by atoms with E-state index in [0.717, 1.165) is 27.6 Å². The number of hydrogen-bond donors (Lipinski definition) is 0. The highest BCUT2D eigenvalue weighted by Gasteiger charge is 2.15. The summed E-state index contributed by atoms with van der Waals surface area (Å²) in [6, 6.07) is 19.2. The molecule has 4 aromatic rings. The van der Waals surface area contributed by atoms with Crippen LogP contribution in [0.4, 0.5) is 0 Å². The van der Waals surface area contributed by atoms with Gasteiger partial charge >= 0.3 is 5.97 Å². The number of aromatic nitrogens is 2. The van der Waals surface area contributed by atoms with Gasteiger partial charge in [0.1, 0.15) is 5.60 Å². The number of carbonyl (C=O) groups is 2. The number of rotatable bonds is 6. The van der Waals surface area contributed by atoms with Crippen molar-refractivity contribution in [1.29, 1.82) is 0 Å². The topological polar surface area (TPSA) is 61.2 Å². The number of benzene rings is 2. The minimum absolute atomic E-state index is 0.00619. The van der Waals surface area contributed by atoms with Gasteiger partial charge in [0.25, 0.3) is 0 Å². The van der Waals surface area contributed by atoms with Crippen LogP contribution in [0.5, 0.6) is 0 Å². The first-order chi connectivity index (χ1) is 16.2. The fourth-order valence-corrected chi connectivity index (χ4v) is 3.75. The number of pyridine rings is 1. The van der Waals surface area contributed by atoms with Gasteiger partial charge in [-0.3, -0.25) is 9.78 Å². The maximum Gasteiger partial charge on any atom is 0.331 e. The van der Waals surface area contributed by atoms with E-state index in [2.05, 4.69) is 11.1 Å². The van der Waals surface area contributed by atoms with Crippen molar-refractivity contribution < 1.29 is 14.3 Å². The molecule has 4 rings (SSSR count). The summed E-state index contributed by atoms with van der Waals surface area (Å²) >= 11 is 0. The fourth-order valence-electron chi connectivity index (χ4n) is 3.75. The average molecular weight is 453 g/mol. The molecular formula is C29H28N2O3. The van der Waals surface area contributed by atoms with E-state index >= 15 is 0 Å². The predicted octanol–water partition coefficient (Wildman–Crippen LogP) is 5.98. The van der Waals surface area contributed by atoms with Gasteiger partial charge in [0.2, 0.25) is 5.78 Å². The Morgan fingerprint density at radius 1 is 1.03 bits per heavy atom. The van der Waals surface area contributed by atoms with Crippen molar-refractivity contribution in [2.24, 2.45) is 0 Å². The Morgan fingerprint density at radius 2 is 1.79 bits per heavy atom. The number of nitrogens with zero attached hydrogens (tertiary/aromatic N) is 2. The summed E-state index contributed by atoms with van der Waals surface area (Å²) in [7, 11) is 0. The second-order valence-electron chi connectivity index (χ2n) is 9.35. The third-order valence-corrected chi connectivity index (χ3v) is 5.33. The quantitative estimate of drug-likeness (QED) is 0.205. The first-order valence-corrected chi connectivity index (χ1v) is 11.2. The zero-order valence-electron chi connectivity index (χ0n) is 19.9. The Hall–Kier alpha value is -3.99. The van der Waals surface area contributed by atoms with Crippen LogP contribution in [0.25, 0.3) is 17.0 Å². The number of hydrogen-bond acceptors (Lipinski definition) is 4. The summed E-state index contributed by atoms with van der Waals surface area (Å²) in [5.74, 6) is -0.396. The van der Waals surface area contributed by atoms with Crippen LogP contribution < -0.4 is 0 Å². The fraction of sp³-hybridized carbons (Fsp3) is 0.207. The standard InChI is InChI=1S/C29H28N2O3/c1-20-10-12-23(13-11-20)28(33)25-9-6-16-31(25)19-21-17-24-8-5-7-22(27(24)30-18-21)14-15-26(32)34-29(2,3)4/h5-18H,19H2,1-4H3/b15-14+. The predicted molar refractivity (Wildman–Crippen MR) is 135 cm³/mol. The lowest BCUT2D eigenvalue weighted by atomic mass is 10.1. The van der Waals surface area contributed by atoms with E-state index in [0.29, 0.717) is 17.8 Å². The van der Waals surface area contributed by atoms with Gasteiger partial charge in [-0.25, -0.2) is 4.79 Å². The molecule has 2 heterocycles. The highest BCUT2D eigenvalue weighted by Crippen LogP contribution is 2.21. The van der Waals surface area contributed by atoms with Crippen LogP contribution in [0, 0.1) is 6.92 Å². The molecule has 172 valence electrons. The molecule has 5 heteroatoms. The number of fused-ring (bicyclic) bond motifs is 1. The molecular weight excluding hydrogens is 424 g/mol. The third-order valence-electron chi connectivity index (χ3n) is 5.33. The Bertz CT molecular complexity index is 1370. The zero-order valence-corrected chi connectivity index (χ0v) is 19.9. The molecule has 34 heavy (non-hydrogen) atoms. The molecule has 0 radical (unpaired) electrons. The number of esters is 1. The largest absolute Gasteiger partial charge is 0.457 e. The van der Waals surface area contributed by atoms with Crippen LogP contribution in [0.1, 0.15) is 53.5 Å². The summed E-state index contributed by atoms with van der Waals surface area (Å²) in [4.78, 5) is 29.7. The summed E-state index contributed by atoms with van der Waals surface area (Å²) < 4.78 is 7.28. The van der Waals surface area contributed by atoms with Crippen LogP contribution in [0.3, 0.4) is 0 Å². The highest BCUT2D eigenvalue weighted by molar-refractivity contribution is 6.08. The molecule has 0 aliphatic rings. The van der Waals surface area contributed by atoms with E-state index in [1.807, 2.05) is 99.3 Å². The van der Waals surface area contributed by atoms with Gasteiger partial charge in [-0.05, 0) is 57.5 Å². The maximum absolute atomic E-state index is 13.0. The van der Waals surface area contributed by atoms with Crippen molar-refractivity contribution in [3.63, 3.8) is 0 Å². The van der Waals surface area contributed by atoms with Crippen molar-refractivity contribution in [2.45, 2.75) is 39.8 Å². The lowest BCUT2D eigenvalue weighted by Crippen LogP contribution is -2.22. The molecule has 2 aromatic carbocycles. The van der Waals surface area contributed by atoms with Gasteiger partial charge in [-0.2, -0.15) is 0 Å². The van der Waals surface area contributed by atoms with Crippen LogP contribution in [0.2, 0.25) is 0 Å². The molecule has 0 saturated heterocycles. The van der Waals surface area contributed by atoms with E-state index in [1.54, 1.807) is 6.08 Å². The van der Waals surface area contributed by atoms with Gasteiger partial charge in [0.15, 0.2) is 0 Å². The molecule has 0 fully saturated rings. The first kappa shape index (κ1) is 23.2.